The van der Waals surface area contributed by atoms with E-state index in [-0.39, 0.29) is 23.7 Å². The zero-order valence-corrected chi connectivity index (χ0v) is 15.1. The van der Waals surface area contributed by atoms with Gasteiger partial charge in [0, 0.05) is 25.6 Å². The van der Waals surface area contributed by atoms with Crippen LogP contribution >= 0.6 is 0 Å². The van der Waals surface area contributed by atoms with E-state index in [1.165, 1.54) is 0 Å². The fourth-order valence-electron chi connectivity index (χ4n) is 4.07. The Kier molecular flexibility index (Phi) is 6.07. The van der Waals surface area contributed by atoms with Crippen molar-refractivity contribution in [3.8, 4) is 0 Å². The van der Waals surface area contributed by atoms with Crippen molar-refractivity contribution < 1.29 is 14.6 Å². The quantitative estimate of drug-likeness (QED) is 0.766. The number of carbonyl (C=O) groups is 1. The van der Waals surface area contributed by atoms with E-state index in [4.69, 9.17) is 4.74 Å². The Labute approximate surface area is 155 Å². The molecule has 1 N–H and O–H groups in total. The van der Waals surface area contributed by atoms with Gasteiger partial charge in [0.05, 0.1) is 23.9 Å². The number of aliphatic hydroxyl groups is 1. The number of nitrogens with zero attached hydrogens (tertiary/aromatic N) is 1. The molecule has 3 rings (SSSR count). The summed E-state index contributed by atoms with van der Waals surface area (Å²) >= 11 is 0. The van der Waals surface area contributed by atoms with E-state index in [9.17, 15) is 9.90 Å². The Morgan fingerprint density at radius 3 is 2.50 bits per heavy atom. The predicted octanol–water partition coefficient (Wildman–Crippen LogP) is 3.06. The van der Waals surface area contributed by atoms with Crippen LogP contribution in [0.3, 0.4) is 0 Å². The van der Waals surface area contributed by atoms with Gasteiger partial charge in [0.25, 0.3) is 0 Å². The van der Waals surface area contributed by atoms with E-state index < -0.39 is 6.10 Å². The van der Waals surface area contributed by atoms with Crippen LogP contribution < -0.4 is 0 Å². The highest BCUT2D eigenvalue weighted by Crippen LogP contribution is 2.39. The standard InChI is InChI=1S/C22H27NO3/c1-3-12-23(13-4-2)14-18-20(24)11-10-17-21(25)19(15-26-22(17)18)16-8-6-5-7-9-16/h3-9,15,17-18,20,22,24H,1-2,10-14H2. The first-order valence-electron chi connectivity index (χ1n) is 9.23. The molecule has 4 atom stereocenters. The van der Waals surface area contributed by atoms with E-state index >= 15 is 0 Å². The van der Waals surface area contributed by atoms with E-state index in [0.717, 1.165) is 5.56 Å². The second-order valence-corrected chi connectivity index (χ2v) is 7.07. The minimum Gasteiger partial charge on any atom is -0.496 e. The molecule has 0 saturated heterocycles. The van der Waals surface area contributed by atoms with Crippen molar-refractivity contribution in [1.29, 1.82) is 0 Å². The van der Waals surface area contributed by atoms with Gasteiger partial charge in [-0.05, 0) is 18.4 Å². The van der Waals surface area contributed by atoms with Crippen molar-refractivity contribution in [2.75, 3.05) is 19.6 Å². The van der Waals surface area contributed by atoms with Crippen LogP contribution in [-0.2, 0) is 9.53 Å². The number of aliphatic hydroxyl groups excluding tert-OH is 1. The highest BCUT2D eigenvalue weighted by Gasteiger charge is 2.46. The highest BCUT2D eigenvalue weighted by molar-refractivity contribution is 6.22. The summed E-state index contributed by atoms with van der Waals surface area (Å²) in [5, 5.41) is 10.6. The van der Waals surface area contributed by atoms with Crippen LogP contribution in [0.2, 0.25) is 0 Å². The lowest BCUT2D eigenvalue weighted by Gasteiger charge is -2.43. The molecule has 0 radical (unpaired) electrons. The van der Waals surface area contributed by atoms with Gasteiger partial charge in [-0.2, -0.15) is 0 Å². The van der Waals surface area contributed by atoms with Crippen molar-refractivity contribution in [2.24, 2.45) is 11.8 Å². The molecule has 1 aromatic carbocycles. The Morgan fingerprint density at radius 2 is 1.85 bits per heavy atom. The summed E-state index contributed by atoms with van der Waals surface area (Å²) in [6.45, 7) is 9.68. The fraction of sp³-hybridized carbons (Fsp3) is 0.409. The van der Waals surface area contributed by atoms with Gasteiger partial charge < -0.3 is 9.84 Å². The molecule has 1 aliphatic carbocycles. The average molecular weight is 353 g/mol. The molecule has 1 fully saturated rings. The molecule has 1 aliphatic heterocycles. The Hall–Kier alpha value is -2.17. The molecule has 1 aromatic rings. The van der Waals surface area contributed by atoms with E-state index in [0.29, 0.717) is 38.0 Å². The Morgan fingerprint density at radius 1 is 1.15 bits per heavy atom. The summed E-state index contributed by atoms with van der Waals surface area (Å²) < 4.78 is 6.04. The van der Waals surface area contributed by atoms with Gasteiger partial charge in [-0.3, -0.25) is 9.69 Å². The van der Waals surface area contributed by atoms with Crippen molar-refractivity contribution in [3.63, 3.8) is 0 Å². The molecular formula is C22H27NO3. The molecule has 0 amide bonds. The number of ether oxygens (including phenoxy) is 1. The van der Waals surface area contributed by atoms with E-state index in [1.807, 2.05) is 42.5 Å². The van der Waals surface area contributed by atoms with Crippen LogP contribution in [0.4, 0.5) is 0 Å². The minimum atomic E-state index is -0.465. The number of allylic oxidation sites excluding steroid dienone is 1. The van der Waals surface area contributed by atoms with Crippen LogP contribution in [0, 0.1) is 11.8 Å². The lowest BCUT2D eigenvalue weighted by molar-refractivity contribution is -0.133. The zero-order chi connectivity index (χ0) is 18.5. The van der Waals surface area contributed by atoms with Gasteiger partial charge in [-0.25, -0.2) is 0 Å². The molecule has 2 aliphatic rings. The lowest BCUT2D eigenvalue weighted by atomic mass is 9.72. The number of hydrogen-bond donors (Lipinski definition) is 1. The number of benzene rings is 1. The van der Waals surface area contributed by atoms with Crippen LogP contribution in [0.5, 0.6) is 0 Å². The fourth-order valence-corrected chi connectivity index (χ4v) is 4.07. The van der Waals surface area contributed by atoms with Crippen molar-refractivity contribution >= 4 is 11.4 Å². The van der Waals surface area contributed by atoms with Crippen molar-refractivity contribution in [2.45, 2.75) is 25.0 Å². The van der Waals surface area contributed by atoms with Crippen LogP contribution in [0.1, 0.15) is 18.4 Å². The maximum atomic E-state index is 13.1. The first kappa shape index (κ1) is 18.6. The number of rotatable bonds is 7. The van der Waals surface area contributed by atoms with Crippen LogP contribution in [0.25, 0.3) is 5.57 Å². The second-order valence-electron chi connectivity index (χ2n) is 7.07. The summed E-state index contributed by atoms with van der Waals surface area (Å²) in [5.74, 6) is -0.174. The number of hydrogen-bond acceptors (Lipinski definition) is 4. The summed E-state index contributed by atoms with van der Waals surface area (Å²) in [7, 11) is 0. The van der Waals surface area contributed by atoms with E-state index in [1.54, 1.807) is 6.26 Å². The number of carbonyl (C=O) groups excluding carboxylic acids is 1. The number of ketones is 1. The maximum absolute atomic E-state index is 13.1. The van der Waals surface area contributed by atoms with Gasteiger partial charge in [0.15, 0.2) is 5.78 Å². The molecule has 26 heavy (non-hydrogen) atoms. The predicted molar refractivity (Wildman–Crippen MR) is 103 cm³/mol. The summed E-state index contributed by atoms with van der Waals surface area (Å²) in [4.78, 5) is 15.2. The Balaban J connectivity index is 1.81. The Bertz CT molecular complexity index is 672. The molecule has 1 heterocycles. The van der Waals surface area contributed by atoms with Gasteiger partial charge in [0.1, 0.15) is 6.10 Å². The first-order valence-corrected chi connectivity index (χ1v) is 9.23. The molecule has 1 saturated carbocycles. The van der Waals surface area contributed by atoms with Gasteiger partial charge >= 0.3 is 0 Å². The minimum absolute atomic E-state index is 0.105. The highest BCUT2D eigenvalue weighted by atomic mass is 16.5. The number of fused-ring (bicyclic) bond motifs is 1. The van der Waals surface area contributed by atoms with Crippen molar-refractivity contribution in [1.82, 2.24) is 4.90 Å². The third-order valence-corrected chi connectivity index (χ3v) is 5.36. The second kappa shape index (κ2) is 8.47. The largest absolute Gasteiger partial charge is 0.496 e. The molecule has 4 heteroatoms. The van der Waals surface area contributed by atoms with E-state index in [2.05, 4.69) is 18.1 Å². The van der Waals surface area contributed by atoms with Crippen molar-refractivity contribution in [3.05, 3.63) is 67.5 Å². The van der Waals surface area contributed by atoms with Crippen LogP contribution in [-0.4, -0.2) is 47.6 Å². The summed E-state index contributed by atoms with van der Waals surface area (Å²) in [6.07, 6.45) is 5.82. The molecule has 0 bridgehead atoms. The lowest BCUT2D eigenvalue weighted by Crippen LogP contribution is -2.52. The SMILES string of the molecule is C=CCN(CC=C)CC1C(O)CCC2C(=O)C(c3ccccc3)=COC21. The molecule has 0 spiro atoms. The monoisotopic (exact) mass is 353 g/mol. The summed E-state index contributed by atoms with van der Waals surface area (Å²) in [5.41, 5.74) is 1.52. The molecule has 4 unspecified atom stereocenters. The molecule has 138 valence electrons. The molecular weight excluding hydrogens is 326 g/mol. The third kappa shape index (κ3) is 3.81. The van der Waals surface area contributed by atoms with Crippen LogP contribution in [0.15, 0.2) is 61.9 Å². The first-order chi connectivity index (χ1) is 12.7. The summed E-state index contributed by atoms with van der Waals surface area (Å²) in [6, 6.07) is 9.63. The van der Waals surface area contributed by atoms with Gasteiger partial charge in [-0.1, -0.05) is 42.5 Å². The molecule has 4 nitrogen and oxygen atoms in total. The normalized spacial score (nSPS) is 28.1. The molecule has 0 aromatic heterocycles. The third-order valence-electron chi connectivity index (χ3n) is 5.36. The van der Waals surface area contributed by atoms with Gasteiger partial charge in [-0.15, -0.1) is 13.2 Å². The zero-order valence-electron chi connectivity index (χ0n) is 15.1. The smallest absolute Gasteiger partial charge is 0.173 e. The average Bonchev–Trinajstić information content (AvgIpc) is 2.65. The van der Waals surface area contributed by atoms with Gasteiger partial charge in [0.2, 0.25) is 0 Å². The topological polar surface area (TPSA) is 49.8 Å². The number of Topliss-reactive ketones (excluding diaryl/α,β-unsaturated/α-hetero) is 1. The maximum Gasteiger partial charge on any atom is 0.173 e.